The van der Waals surface area contributed by atoms with Crippen molar-refractivity contribution in [2.45, 2.75) is 23.2 Å². The number of rotatable bonds is 2. The van der Waals surface area contributed by atoms with Crippen LogP contribution < -0.4 is 0 Å². The van der Waals surface area contributed by atoms with E-state index in [1.165, 1.54) is 10.5 Å². The maximum Gasteiger partial charge on any atom is 0.433 e. The number of hydrogen-bond acceptors (Lipinski definition) is 4. The summed E-state index contributed by atoms with van der Waals surface area (Å²) in [5.41, 5.74) is 1.78. The molecule has 11 heteroatoms. The second-order valence-corrected chi connectivity index (χ2v) is 9.24. The fraction of sp³-hybridized carbons (Fsp3) is 0.158. The first kappa shape index (κ1) is 19.3. The molecule has 0 saturated carbocycles. The van der Waals surface area contributed by atoms with Crippen molar-refractivity contribution in [2.75, 3.05) is 0 Å². The van der Waals surface area contributed by atoms with Gasteiger partial charge in [-0.1, -0.05) is 30.3 Å². The molecule has 5 rings (SSSR count). The third-order valence-corrected chi connectivity index (χ3v) is 7.52. The maximum absolute atomic E-state index is 13.6. The second kappa shape index (κ2) is 6.16. The van der Waals surface area contributed by atoms with Gasteiger partial charge in [-0.15, -0.1) is 0 Å². The van der Waals surface area contributed by atoms with Gasteiger partial charge in [-0.2, -0.15) is 22.6 Å². The predicted molar refractivity (Wildman–Crippen MR) is 102 cm³/mol. The molecule has 1 N–H and O–H groups in total. The van der Waals surface area contributed by atoms with E-state index in [1.807, 2.05) is 0 Å². The number of nitrogens with zero attached hydrogens (tertiary/aromatic N) is 3. The van der Waals surface area contributed by atoms with Crippen LogP contribution in [-0.2, 0) is 16.2 Å². The molecule has 6 nitrogen and oxygen atoms in total. The number of aromatic amines is 1. The highest BCUT2D eigenvalue weighted by Gasteiger charge is 2.53. The van der Waals surface area contributed by atoms with Crippen molar-refractivity contribution in [3.05, 3.63) is 82.4 Å². The van der Waals surface area contributed by atoms with E-state index in [0.29, 0.717) is 39.0 Å². The molecule has 0 spiro atoms. The first-order chi connectivity index (χ1) is 14.1. The first-order valence-electron chi connectivity index (χ1n) is 8.70. The van der Waals surface area contributed by atoms with Gasteiger partial charge in [-0.3, -0.25) is 10.1 Å². The van der Waals surface area contributed by atoms with Crippen LogP contribution in [0.4, 0.5) is 13.2 Å². The van der Waals surface area contributed by atoms with Crippen molar-refractivity contribution in [2.24, 2.45) is 0 Å². The number of alkyl halides is 3. The molecule has 0 aliphatic carbocycles. The van der Waals surface area contributed by atoms with E-state index in [1.54, 1.807) is 18.2 Å². The van der Waals surface area contributed by atoms with Gasteiger partial charge in [0.1, 0.15) is 10.6 Å². The van der Waals surface area contributed by atoms with Gasteiger partial charge >= 0.3 is 6.18 Å². The summed E-state index contributed by atoms with van der Waals surface area (Å²) in [4.78, 5) is 2.95. The Morgan fingerprint density at radius 1 is 1.10 bits per heavy atom. The minimum absolute atomic E-state index is 0.353. The number of nitrogens with one attached hydrogen (secondary N) is 1. The average Bonchev–Trinajstić information content (AvgIpc) is 3.28. The summed E-state index contributed by atoms with van der Waals surface area (Å²) in [5.74, 6) is 0. The lowest BCUT2D eigenvalue weighted by Gasteiger charge is -2.35. The van der Waals surface area contributed by atoms with E-state index in [-0.39, 0.29) is 4.90 Å². The van der Waals surface area contributed by atoms with Crippen LogP contribution in [0, 0.1) is 0 Å². The quantitative estimate of drug-likeness (QED) is 0.627. The zero-order valence-electron chi connectivity index (χ0n) is 15.0. The number of benzene rings is 1. The first-order valence-corrected chi connectivity index (χ1v) is 10.5. The molecule has 4 heterocycles. The monoisotopic (exact) mass is 452 g/mol. The summed E-state index contributed by atoms with van der Waals surface area (Å²) < 4.78 is 66.9. The molecule has 2 bridgehead atoms. The van der Waals surface area contributed by atoms with E-state index in [4.69, 9.17) is 11.6 Å². The summed E-state index contributed by atoms with van der Waals surface area (Å²) in [6, 6.07) is 5.14. The van der Waals surface area contributed by atoms with Gasteiger partial charge in [-0.05, 0) is 34.9 Å². The highest BCUT2D eigenvalue weighted by Crippen LogP contribution is 2.59. The number of halogens is 4. The van der Waals surface area contributed by atoms with Crippen LogP contribution >= 0.6 is 11.6 Å². The molecule has 154 valence electrons. The second-order valence-electron chi connectivity index (χ2n) is 6.99. The van der Waals surface area contributed by atoms with Crippen molar-refractivity contribution in [3.8, 4) is 0 Å². The van der Waals surface area contributed by atoms with E-state index in [2.05, 4.69) is 21.8 Å². The van der Waals surface area contributed by atoms with Crippen molar-refractivity contribution in [1.82, 2.24) is 19.5 Å². The molecule has 2 atom stereocenters. The third-order valence-electron chi connectivity index (χ3n) is 5.38. The predicted octanol–water partition coefficient (Wildman–Crippen LogP) is 4.34. The van der Waals surface area contributed by atoms with Crippen LogP contribution in [-0.4, -0.2) is 27.9 Å². The Labute approximate surface area is 174 Å². The van der Waals surface area contributed by atoms with Crippen LogP contribution in [0.1, 0.15) is 40.2 Å². The van der Waals surface area contributed by atoms with E-state index >= 15 is 0 Å². The van der Waals surface area contributed by atoms with Crippen molar-refractivity contribution < 1.29 is 21.6 Å². The number of aromatic nitrogens is 3. The Kier molecular flexibility index (Phi) is 3.96. The van der Waals surface area contributed by atoms with E-state index < -0.39 is 34.0 Å². The number of sulfonamides is 1. The molecule has 2 aliphatic rings. The van der Waals surface area contributed by atoms with Crippen LogP contribution in [0.2, 0.25) is 5.02 Å². The van der Waals surface area contributed by atoms with Crippen LogP contribution in [0.3, 0.4) is 0 Å². The summed E-state index contributed by atoms with van der Waals surface area (Å²) in [5, 5.41) is 7.25. The number of pyridine rings is 1. The van der Waals surface area contributed by atoms with Crippen LogP contribution in [0.5, 0.6) is 0 Å². The van der Waals surface area contributed by atoms with Gasteiger partial charge in [-0.25, -0.2) is 8.42 Å². The number of hydrogen-bond donors (Lipinski definition) is 1. The van der Waals surface area contributed by atoms with Crippen molar-refractivity contribution >= 4 is 27.2 Å². The highest BCUT2D eigenvalue weighted by atomic mass is 35.5. The molecule has 30 heavy (non-hydrogen) atoms. The maximum atomic E-state index is 13.6. The molecular weight excluding hydrogens is 441 g/mol. The normalized spacial score (nSPS) is 20.9. The number of H-pyrrole nitrogens is 1. The number of fused-ring (bicyclic) bond motifs is 7. The summed E-state index contributed by atoms with van der Waals surface area (Å²) >= 11 is 6.42. The standard InChI is InChI=1S/C19H12ClF3N4O2S/c1-9-16-12(8-25-26-16)18-11-3-2-4-13(20)15(11)17(9)27(18)30(28,29)10-5-6-14(24-7-10)19(21,22)23/h2-8,17-18H,1H2,(H,25,26). The molecule has 2 unspecified atom stereocenters. The zero-order chi connectivity index (χ0) is 21.4. The highest BCUT2D eigenvalue weighted by molar-refractivity contribution is 7.89. The molecule has 2 aliphatic heterocycles. The summed E-state index contributed by atoms with van der Waals surface area (Å²) in [6.07, 6.45) is -2.43. The smallest absolute Gasteiger partial charge is 0.278 e. The molecule has 1 aromatic carbocycles. The fourth-order valence-electron chi connectivity index (χ4n) is 4.12. The van der Waals surface area contributed by atoms with Gasteiger partial charge in [0.05, 0.1) is 24.0 Å². The fourth-order valence-corrected chi connectivity index (χ4v) is 6.09. The topological polar surface area (TPSA) is 79.0 Å². The lowest BCUT2D eigenvalue weighted by molar-refractivity contribution is -0.141. The Morgan fingerprint density at radius 3 is 2.53 bits per heavy atom. The summed E-state index contributed by atoms with van der Waals surface area (Å²) in [7, 11) is -4.26. The third kappa shape index (κ3) is 2.50. The van der Waals surface area contributed by atoms with Crippen LogP contribution in [0.15, 0.2) is 54.2 Å². The molecule has 0 saturated heterocycles. The lowest BCUT2D eigenvalue weighted by Crippen LogP contribution is -2.37. The van der Waals surface area contributed by atoms with Crippen molar-refractivity contribution in [1.29, 1.82) is 0 Å². The van der Waals surface area contributed by atoms with Gasteiger partial charge in [0.25, 0.3) is 0 Å². The zero-order valence-corrected chi connectivity index (χ0v) is 16.6. The molecule has 2 aromatic heterocycles. The van der Waals surface area contributed by atoms with Crippen molar-refractivity contribution in [3.63, 3.8) is 0 Å². The Hall–Kier alpha value is -2.69. The molecule has 0 amide bonds. The van der Waals surface area contributed by atoms with Crippen LogP contribution in [0.25, 0.3) is 5.57 Å². The minimum Gasteiger partial charge on any atom is -0.278 e. The Morgan fingerprint density at radius 2 is 1.87 bits per heavy atom. The van der Waals surface area contributed by atoms with E-state index in [9.17, 15) is 21.6 Å². The lowest BCUT2D eigenvalue weighted by atomic mass is 9.97. The summed E-state index contributed by atoms with van der Waals surface area (Å²) in [6.45, 7) is 4.05. The van der Waals surface area contributed by atoms with Gasteiger partial charge in [0.2, 0.25) is 10.0 Å². The average molecular weight is 453 g/mol. The van der Waals surface area contributed by atoms with E-state index in [0.717, 1.165) is 12.3 Å². The molecule has 3 aromatic rings. The van der Waals surface area contributed by atoms with Gasteiger partial charge in [0.15, 0.2) is 0 Å². The molecule has 0 fully saturated rings. The minimum atomic E-state index is -4.67. The SMILES string of the molecule is C=C1c2[nH]ncc2C2c3cccc(Cl)c3C1N2S(=O)(=O)c1ccc(C(F)(F)F)nc1. The van der Waals surface area contributed by atoms with Gasteiger partial charge in [0, 0.05) is 16.8 Å². The largest absolute Gasteiger partial charge is 0.433 e. The Balaban J connectivity index is 1.70. The molecule has 0 radical (unpaired) electrons. The molecular formula is C19H12ClF3N4O2S. The Bertz CT molecular complexity index is 1300. The van der Waals surface area contributed by atoms with Gasteiger partial charge < -0.3 is 0 Å².